The molecule has 0 radical (unpaired) electrons. The van der Waals surface area contributed by atoms with Crippen LogP contribution < -0.4 is 0 Å². The van der Waals surface area contributed by atoms with E-state index in [1.807, 2.05) is 18.2 Å². The van der Waals surface area contributed by atoms with Crippen LogP contribution in [0.4, 0.5) is 0 Å². The zero-order chi connectivity index (χ0) is 16.6. The second kappa shape index (κ2) is 9.11. The van der Waals surface area contributed by atoms with E-state index in [9.17, 15) is 4.79 Å². The summed E-state index contributed by atoms with van der Waals surface area (Å²) in [4.78, 5) is 11.4. The molecule has 1 aromatic carbocycles. The predicted octanol–water partition coefficient (Wildman–Crippen LogP) is 5.09. The van der Waals surface area contributed by atoms with Crippen LogP contribution >= 0.6 is 0 Å². The van der Waals surface area contributed by atoms with E-state index in [1.165, 1.54) is 12.5 Å². The van der Waals surface area contributed by atoms with Gasteiger partial charge < -0.3 is 9.47 Å². The van der Waals surface area contributed by atoms with Crippen molar-refractivity contribution < 1.29 is 14.3 Å². The van der Waals surface area contributed by atoms with Gasteiger partial charge in [0.2, 0.25) is 6.29 Å². The molecule has 1 rings (SSSR count). The van der Waals surface area contributed by atoms with Crippen molar-refractivity contribution in [2.45, 2.75) is 71.2 Å². The molecule has 2 atom stereocenters. The third-order valence-corrected chi connectivity index (χ3v) is 5.56. The average molecular weight is 323 g/mol. The summed E-state index contributed by atoms with van der Waals surface area (Å²) in [5.74, 6) is -0.274. The van der Waals surface area contributed by atoms with Crippen LogP contribution in [0.3, 0.4) is 0 Å². The molecule has 0 saturated heterocycles. The van der Waals surface area contributed by atoms with Crippen LogP contribution in [0.25, 0.3) is 0 Å². The highest BCUT2D eigenvalue weighted by Gasteiger charge is 2.32. The molecular weight excluding hydrogens is 292 g/mol. The molecule has 0 aromatic heterocycles. The molecule has 124 valence electrons. The van der Waals surface area contributed by atoms with Crippen molar-refractivity contribution in [1.82, 2.24) is 0 Å². The monoisotopic (exact) mass is 322 g/mol. The second-order valence-electron chi connectivity index (χ2n) is 6.83. The van der Waals surface area contributed by atoms with Gasteiger partial charge >= 0.3 is 5.97 Å². The lowest BCUT2D eigenvalue weighted by molar-refractivity contribution is -0.183. The lowest BCUT2D eigenvalue weighted by Gasteiger charge is -2.32. The summed E-state index contributed by atoms with van der Waals surface area (Å²) in [6.45, 7) is 10.4. The highest BCUT2D eigenvalue weighted by atomic mass is 28.3. The van der Waals surface area contributed by atoms with Crippen molar-refractivity contribution in [3.63, 3.8) is 0 Å². The summed E-state index contributed by atoms with van der Waals surface area (Å²) in [7, 11) is -1.60. The maximum Gasteiger partial charge on any atom is 0.304 e. The summed E-state index contributed by atoms with van der Waals surface area (Å²) >= 11 is 0. The van der Waals surface area contributed by atoms with Gasteiger partial charge in [-0.15, -0.1) is 0 Å². The van der Waals surface area contributed by atoms with Gasteiger partial charge in [0, 0.05) is 13.3 Å². The van der Waals surface area contributed by atoms with Crippen molar-refractivity contribution in [2.75, 3.05) is 0 Å². The summed E-state index contributed by atoms with van der Waals surface area (Å²) < 4.78 is 11.7. The van der Waals surface area contributed by atoms with Crippen LogP contribution in [0, 0.1) is 0 Å². The molecule has 0 amide bonds. The quantitative estimate of drug-likeness (QED) is 0.275. The first-order valence-electron chi connectivity index (χ1n) is 8.22. The molecule has 0 saturated carbocycles. The van der Waals surface area contributed by atoms with Crippen LogP contribution in [-0.4, -0.2) is 20.3 Å². The molecule has 0 fully saturated rings. The van der Waals surface area contributed by atoms with E-state index in [1.54, 1.807) is 0 Å². The summed E-state index contributed by atoms with van der Waals surface area (Å²) in [5, 5.41) is 0. The normalized spacial score (nSPS) is 14.4. The Morgan fingerprint density at radius 3 is 2.27 bits per heavy atom. The number of esters is 1. The Bertz CT molecular complexity index is 439. The van der Waals surface area contributed by atoms with Crippen molar-refractivity contribution in [3.8, 4) is 0 Å². The number of unbranched alkanes of at least 4 members (excludes halogenated alkanes) is 2. The van der Waals surface area contributed by atoms with E-state index in [-0.39, 0.29) is 11.7 Å². The van der Waals surface area contributed by atoms with Gasteiger partial charge in [0.05, 0.1) is 13.8 Å². The number of benzene rings is 1. The zero-order valence-electron chi connectivity index (χ0n) is 14.6. The van der Waals surface area contributed by atoms with Gasteiger partial charge in [-0.1, -0.05) is 69.7 Å². The number of hydrogen-bond donors (Lipinski definition) is 0. The van der Waals surface area contributed by atoms with Crippen molar-refractivity contribution in [3.05, 3.63) is 35.9 Å². The van der Waals surface area contributed by atoms with Gasteiger partial charge in [0.25, 0.3) is 0 Å². The fourth-order valence-electron chi connectivity index (χ4n) is 2.46. The topological polar surface area (TPSA) is 35.5 Å². The maximum absolute atomic E-state index is 11.4. The third-order valence-electron chi connectivity index (χ3n) is 3.52. The largest absolute Gasteiger partial charge is 0.436 e. The van der Waals surface area contributed by atoms with Crippen LogP contribution in [0.2, 0.25) is 19.6 Å². The van der Waals surface area contributed by atoms with E-state index < -0.39 is 14.4 Å². The first-order valence-corrected chi connectivity index (χ1v) is 11.8. The molecular formula is C18H30O3Si. The second-order valence-corrected chi connectivity index (χ2v) is 12.1. The minimum absolute atomic E-state index is 0.0275. The maximum atomic E-state index is 11.4. The van der Waals surface area contributed by atoms with Crippen molar-refractivity contribution >= 4 is 14.0 Å². The first kappa shape index (κ1) is 18.9. The van der Waals surface area contributed by atoms with Gasteiger partial charge in [0.15, 0.2) is 0 Å². The molecule has 3 nitrogen and oxygen atoms in total. The minimum Gasteiger partial charge on any atom is -0.436 e. The number of ether oxygens (including phenoxy) is 2. The molecule has 0 bridgehead atoms. The van der Waals surface area contributed by atoms with Crippen LogP contribution in [-0.2, 0) is 14.3 Å². The molecule has 0 N–H and O–H groups in total. The highest BCUT2D eigenvalue weighted by molar-refractivity contribution is 6.77. The van der Waals surface area contributed by atoms with E-state index in [0.29, 0.717) is 0 Å². The number of hydrogen-bond acceptors (Lipinski definition) is 3. The van der Waals surface area contributed by atoms with Crippen molar-refractivity contribution in [2.24, 2.45) is 0 Å². The molecule has 0 heterocycles. The molecule has 2 unspecified atom stereocenters. The molecule has 0 aliphatic rings. The minimum atomic E-state index is -1.60. The SMILES string of the molecule is CCCCCC(OC(C)=O)OC(c1ccccc1)[Si](C)(C)C. The van der Waals surface area contributed by atoms with E-state index in [4.69, 9.17) is 9.47 Å². The Morgan fingerprint density at radius 1 is 1.14 bits per heavy atom. The lowest BCUT2D eigenvalue weighted by atomic mass is 10.2. The first-order chi connectivity index (χ1) is 10.3. The Morgan fingerprint density at radius 2 is 1.77 bits per heavy atom. The smallest absolute Gasteiger partial charge is 0.304 e. The van der Waals surface area contributed by atoms with Crippen LogP contribution in [0.15, 0.2) is 30.3 Å². The Hall–Kier alpha value is -1.13. The summed E-state index contributed by atoms with van der Waals surface area (Å²) in [6, 6.07) is 10.3. The van der Waals surface area contributed by atoms with Gasteiger partial charge in [-0.05, 0) is 12.0 Å². The van der Waals surface area contributed by atoms with Crippen molar-refractivity contribution in [1.29, 1.82) is 0 Å². The fraction of sp³-hybridized carbons (Fsp3) is 0.611. The zero-order valence-corrected chi connectivity index (χ0v) is 15.6. The van der Waals surface area contributed by atoms with Gasteiger partial charge in [0.1, 0.15) is 0 Å². The fourth-order valence-corrected chi connectivity index (χ4v) is 4.22. The molecule has 1 aromatic rings. The summed E-state index contributed by atoms with van der Waals surface area (Å²) in [5.41, 5.74) is 1.20. The molecule has 0 aliphatic heterocycles. The molecule has 4 heteroatoms. The Labute approximate surface area is 136 Å². The standard InChI is InChI=1S/C18H30O3Si/c1-6-7-9-14-17(20-15(2)19)21-18(22(3,4)5)16-12-10-8-11-13-16/h8,10-13,17-18H,6-7,9,14H2,1-5H3. The third kappa shape index (κ3) is 6.75. The molecule has 0 aliphatic carbocycles. The van der Waals surface area contributed by atoms with Crippen LogP contribution in [0.5, 0.6) is 0 Å². The number of carbonyl (C=O) groups excluding carboxylic acids is 1. The Kier molecular flexibility index (Phi) is 7.83. The lowest BCUT2D eigenvalue weighted by Crippen LogP contribution is -2.37. The number of rotatable bonds is 9. The van der Waals surface area contributed by atoms with Crippen LogP contribution in [0.1, 0.15) is 50.8 Å². The average Bonchev–Trinajstić information content (AvgIpc) is 2.43. The number of carbonyl (C=O) groups is 1. The van der Waals surface area contributed by atoms with Gasteiger partial charge in [-0.3, -0.25) is 4.79 Å². The summed E-state index contributed by atoms with van der Waals surface area (Å²) in [6.07, 6.45) is 3.61. The van der Waals surface area contributed by atoms with E-state index >= 15 is 0 Å². The molecule has 0 spiro atoms. The van der Waals surface area contributed by atoms with E-state index in [0.717, 1.165) is 25.7 Å². The predicted molar refractivity (Wildman–Crippen MR) is 93.3 cm³/mol. The highest BCUT2D eigenvalue weighted by Crippen LogP contribution is 2.30. The van der Waals surface area contributed by atoms with E-state index in [2.05, 4.69) is 38.7 Å². The molecule has 22 heavy (non-hydrogen) atoms. The van der Waals surface area contributed by atoms with Gasteiger partial charge in [-0.25, -0.2) is 0 Å². The van der Waals surface area contributed by atoms with Gasteiger partial charge in [-0.2, -0.15) is 0 Å². The Balaban J connectivity index is 2.85.